The zero-order chi connectivity index (χ0) is 26.9. The largest absolute Gasteiger partial charge is 0.467 e. The maximum Gasteiger partial charge on any atom is 0.407 e. The van der Waals surface area contributed by atoms with E-state index in [1.54, 1.807) is 0 Å². The van der Waals surface area contributed by atoms with Gasteiger partial charge < -0.3 is 25.2 Å². The zero-order valence-electron chi connectivity index (χ0n) is 21.1. The van der Waals surface area contributed by atoms with Crippen LogP contribution in [0.2, 0.25) is 0 Å². The highest BCUT2D eigenvalue weighted by Gasteiger charge is 2.25. The van der Waals surface area contributed by atoms with Crippen molar-refractivity contribution in [3.05, 3.63) is 96.1 Å². The molecule has 0 aliphatic rings. The maximum atomic E-state index is 12.7. The monoisotopic (exact) mass is 514 g/mol. The fourth-order valence-electron chi connectivity index (χ4n) is 4.38. The van der Waals surface area contributed by atoms with Crippen molar-refractivity contribution in [2.45, 2.75) is 31.6 Å². The van der Waals surface area contributed by atoms with E-state index in [9.17, 15) is 19.5 Å². The number of methoxy groups -OCH3 is 1. The van der Waals surface area contributed by atoms with E-state index >= 15 is 0 Å². The van der Waals surface area contributed by atoms with E-state index in [-0.39, 0.29) is 26.0 Å². The number of nitrogens with one attached hydrogen (secondary N) is 2. The number of fused-ring (bicyclic) bond motifs is 2. The zero-order valence-corrected chi connectivity index (χ0v) is 21.1. The summed E-state index contributed by atoms with van der Waals surface area (Å²) in [4.78, 5) is 37.3. The van der Waals surface area contributed by atoms with Gasteiger partial charge >= 0.3 is 12.1 Å². The average Bonchev–Trinajstić information content (AvgIpc) is 2.94. The van der Waals surface area contributed by atoms with Gasteiger partial charge in [0.1, 0.15) is 12.6 Å². The minimum absolute atomic E-state index is 0.0902. The normalized spacial score (nSPS) is 12.5. The molecule has 0 unspecified atom stereocenters. The predicted octanol–water partition coefficient (Wildman–Crippen LogP) is 3.87. The van der Waals surface area contributed by atoms with Crippen LogP contribution < -0.4 is 10.6 Å². The van der Waals surface area contributed by atoms with Crippen LogP contribution in [0.1, 0.15) is 17.5 Å². The number of ether oxygens (including phenoxy) is 2. The molecule has 2 atom stereocenters. The molecule has 0 aromatic heterocycles. The molecule has 3 N–H and O–H groups in total. The molecule has 4 aromatic carbocycles. The lowest BCUT2D eigenvalue weighted by Gasteiger charge is -2.20. The Morgan fingerprint density at radius 1 is 0.868 bits per heavy atom. The van der Waals surface area contributed by atoms with Gasteiger partial charge in [0.15, 0.2) is 0 Å². The summed E-state index contributed by atoms with van der Waals surface area (Å²) in [5.74, 6) is -1.13. The van der Waals surface area contributed by atoms with Crippen molar-refractivity contribution in [3.8, 4) is 0 Å². The lowest BCUT2D eigenvalue weighted by atomic mass is 9.92. The van der Waals surface area contributed by atoms with Crippen LogP contribution in [0.5, 0.6) is 0 Å². The van der Waals surface area contributed by atoms with Gasteiger partial charge in [-0.15, -0.1) is 0 Å². The van der Waals surface area contributed by atoms with Crippen LogP contribution >= 0.6 is 0 Å². The molecule has 0 bridgehead atoms. The summed E-state index contributed by atoms with van der Waals surface area (Å²) in [6, 6.07) is 26.1. The van der Waals surface area contributed by atoms with Crippen LogP contribution in [-0.4, -0.2) is 48.9 Å². The molecule has 8 heteroatoms. The van der Waals surface area contributed by atoms with Crippen molar-refractivity contribution in [3.63, 3.8) is 0 Å². The van der Waals surface area contributed by atoms with E-state index in [2.05, 4.69) is 16.7 Å². The topological polar surface area (TPSA) is 114 Å². The Morgan fingerprint density at radius 3 is 2.11 bits per heavy atom. The highest BCUT2D eigenvalue weighted by Crippen LogP contribution is 2.29. The van der Waals surface area contributed by atoms with Gasteiger partial charge in [-0.05, 0) is 38.7 Å². The summed E-state index contributed by atoms with van der Waals surface area (Å²) in [7, 11) is 1.27. The Kier molecular flexibility index (Phi) is 8.89. The highest BCUT2D eigenvalue weighted by atomic mass is 16.5. The van der Waals surface area contributed by atoms with Gasteiger partial charge in [-0.25, -0.2) is 9.59 Å². The number of hydrogen-bond acceptors (Lipinski definition) is 6. The van der Waals surface area contributed by atoms with E-state index in [0.717, 1.165) is 32.7 Å². The molecule has 0 heterocycles. The fourth-order valence-corrected chi connectivity index (χ4v) is 4.38. The van der Waals surface area contributed by atoms with E-state index in [1.807, 2.05) is 78.9 Å². The van der Waals surface area contributed by atoms with Gasteiger partial charge in [0, 0.05) is 13.0 Å². The number of aliphatic hydroxyl groups excluding tert-OH is 1. The molecule has 196 valence electrons. The minimum Gasteiger partial charge on any atom is -0.467 e. The third-order valence-corrected chi connectivity index (χ3v) is 6.23. The van der Waals surface area contributed by atoms with Gasteiger partial charge in [-0.2, -0.15) is 0 Å². The summed E-state index contributed by atoms with van der Waals surface area (Å²) >= 11 is 0. The molecule has 2 amide bonds. The molecule has 0 saturated carbocycles. The van der Waals surface area contributed by atoms with Crippen LogP contribution in [0.3, 0.4) is 0 Å². The first-order valence-corrected chi connectivity index (χ1v) is 12.3. The number of esters is 1. The van der Waals surface area contributed by atoms with Crippen molar-refractivity contribution in [2.24, 2.45) is 0 Å². The Labute approximate surface area is 220 Å². The molecule has 38 heavy (non-hydrogen) atoms. The van der Waals surface area contributed by atoms with Crippen molar-refractivity contribution < 1.29 is 29.0 Å². The molecule has 8 nitrogen and oxygen atoms in total. The molecule has 0 aliphatic heterocycles. The molecule has 0 radical (unpaired) electrons. The summed E-state index contributed by atoms with van der Waals surface area (Å²) in [6.07, 6.45) is -1.98. The SMILES string of the molecule is COC(=O)[C@H](Cc1c2ccccc2cc2ccccc12)NC(=O)C[C@@H](O)CNC(=O)OCc1ccccc1. The highest BCUT2D eigenvalue weighted by molar-refractivity contribution is 6.02. The van der Waals surface area contributed by atoms with Crippen LogP contribution in [0.15, 0.2) is 84.9 Å². The van der Waals surface area contributed by atoms with Gasteiger partial charge in [-0.3, -0.25) is 4.79 Å². The van der Waals surface area contributed by atoms with Crippen molar-refractivity contribution in [1.29, 1.82) is 0 Å². The van der Waals surface area contributed by atoms with E-state index in [4.69, 9.17) is 9.47 Å². The molecule has 4 rings (SSSR count). The second-order valence-electron chi connectivity index (χ2n) is 8.95. The van der Waals surface area contributed by atoms with Crippen molar-refractivity contribution in [1.82, 2.24) is 10.6 Å². The Bertz CT molecular complexity index is 1370. The number of hydrogen-bond donors (Lipinski definition) is 3. The standard InChI is InChI=1S/C30H30N2O6/c1-37-29(35)27(17-26-24-13-7-5-11-21(24)15-22-12-6-8-14-25(22)26)32-28(34)16-23(33)18-31-30(36)38-19-20-9-3-2-4-10-20/h2-15,23,27,33H,16-19H2,1H3,(H,31,36)(H,32,34)/t23-,27+/m1/s1. The predicted molar refractivity (Wildman–Crippen MR) is 144 cm³/mol. The number of carbonyl (C=O) groups excluding carboxylic acids is 3. The van der Waals surface area contributed by atoms with Crippen LogP contribution in [0.4, 0.5) is 4.79 Å². The lowest BCUT2D eigenvalue weighted by Crippen LogP contribution is -2.45. The second-order valence-corrected chi connectivity index (χ2v) is 8.95. The van der Waals surface area contributed by atoms with E-state index < -0.39 is 30.1 Å². The molecule has 4 aromatic rings. The smallest absolute Gasteiger partial charge is 0.407 e. The number of alkyl carbamates (subject to hydrolysis) is 1. The van der Waals surface area contributed by atoms with Gasteiger partial charge in [0.25, 0.3) is 0 Å². The first kappa shape index (κ1) is 26.6. The summed E-state index contributed by atoms with van der Waals surface area (Å²) in [6.45, 7) is -0.0925. The summed E-state index contributed by atoms with van der Waals surface area (Å²) < 4.78 is 10.1. The summed E-state index contributed by atoms with van der Waals surface area (Å²) in [5.41, 5.74) is 1.74. The first-order chi connectivity index (χ1) is 18.4. The average molecular weight is 515 g/mol. The fraction of sp³-hybridized carbons (Fsp3) is 0.233. The van der Waals surface area contributed by atoms with Gasteiger partial charge in [-0.1, -0.05) is 78.9 Å². The molecule has 0 fully saturated rings. The third kappa shape index (κ3) is 6.86. The van der Waals surface area contributed by atoms with Crippen LogP contribution in [-0.2, 0) is 32.1 Å². The lowest BCUT2D eigenvalue weighted by molar-refractivity contribution is -0.145. The van der Waals surface area contributed by atoms with E-state index in [0.29, 0.717) is 0 Å². The number of rotatable bonds is 10. The van der Waals surface area contributed by atoms with Crippen LogP contribution in [0, 0.1) is 0 Å². The van der Waals surface area contributed by atoms with Gasteiger partial charge in [0.2, 0.25) is 5.91 Å². The molecular weight excluding hydrogens is 484 g/mol. The molecule has 0 aliphatic carbocycles. The number of benzene rings is 4. The number of aliphatic hydroxyl groups is 1. The second kappa shape index (κ2) is 12.7. The molecule has 0 spiro atoms. The number of carbonyl (C=O) groups is 3. The third-order valence-electron chi connectivity index (χ3n) is 6.23. The Hall–Kier alpha value is -4.43. The Morgan fingerprint density at radius 2 is 1.47 bits per heavy atom. The van der Waals surface area contributed by atoms with Crippen molar-refractivity contribution >= 4 is 39.5 Å². The van der Waals surface area contributed by atoms with Crippen molar-refractivity contribution in [2.75, 3.05) is 13.7 Å². The molecular formula is C30H30N2O6. The number of amides is 2. The first-order valence-electron chi connectivity index (χ1n) is 12.3. The Balaban J connectivity index is 1.38. The maximum absolute atomic E-state index is 12.7. The van der Waals surface area contributed by atoms with E-state index in [1.165, 1.54) is 7.11 Å². The quantitative estimate of drug-likeness (QED) is 0.219. The molecule has 0 saturated heterocycles. The minimum atomic E-state index is -1.17. The van der Waals surface area contributed by atoms with Gasteiger partial charge in [0.05, 0.1) is 19.6 Å². The van der Waals surface area contributed by atoms with Crippen LogP contribution in [0.25, 0.3) is 21.5 Å². The summed E-state index contributed by atoms with van der Waals surface area (Å²) in [5, 5.41) is 19.4.